The van der Waals surface area contributed by atoms with Gasteiger partial charge in [0.1, 0.15) is 0 Å². The quantitative estimate of drug-likeness (QED) is 0.321. The van der Waals surface area contributed by atoms with Crippen LogP contribution in [0.15, 0.2) is 114 Å². The molecule has 0 bridgehead atoms. The standard InChI is InChI=1S/C27H24BrP/c28-26-18-10-17-25-24(26)19-20-27(25)29(21-11-4-1-5-12-21,22-13-6-2-7-14-22)23-15-8-3-9-16-23/h1-18,27,29H,19-20H2. The molecule has 1 aliphatic rings. The molecule has 0 saturated heterocycles. The van der Waals surface area contributed by atoms with Crippen molar-refractivity contribution in [1.82, 2.24) is 0 Å². The van der Waals surface area contributed by atoms with Crippen LogP contribution in [-0.2, 0) is 6.42 Å². The molecule has 29 heavy (non-hydrogen) atoms. The maximum atomic E-state index is 3.83. The van der Waals surface area contributed by atoms with Crippen molar-refractivity contribution in [2.45, 2.75) is 18.5 Å². The van der Waals surface area contributed by atoms with Crippen LogP contribution in [0.4, 0.5) is 0 Å². The van der Waals surface area contributed by atoms with Gasteiger partial charge in [-0.15, -0.1) is 0 Å². The van der Waals surface area contributed by atoms with Gasteiger partial charge in [-0.1, -0.05) is 0 Å². The van der Waals surface area contributed by atoms with Crippen LogP contribution in [0.25, 0.3) is 0 Å². The first kappa shape index (κ1) is 18.8. The van der Waals surface area contributed by atoms with Gasteiger partial charge in [-0.05, 0) is 0 Å². The van der Waals surface area contributed by atoms with E-state index in [1.807, 2.05) is 0 Å². The van der Waals surface area contributed by atoms with E-state index in [1.54, 1.807) is 0 Å². The van der Waals surface area contributed by atoms with E-state index >= 15 is 0 Å². The van der Waals surface area contributed by atoms with Crippen LogP contribution in [0, 0.1) is 0 Å². The molecule has 0 aliphatic heterocycles. The zero-order valence-electron chi connectivity index (χ0n) is 16.3. The third kappa shape index (κ3) is 3.08. The predicted molar refractivity (Wildman–Crippen MR) is 132 cm³/mol. The Kier molecular flexibility index (Phi) is 5.12. The van der Waals surface area contributed by atoms with Crippen LogP contribution >= 0.6 is 23.2 Å². The molecule has 1 aliphatic carbocycles. The first-order valence-electron chi connectivity index (χ1n) is 10.3. The second-order valence-corrected chi connectivity index (χ2v) is 12.7. The minimum absolute atomic E-state index is 0.516. The minimum atomic E-state index is -2.29. The van der Waals surface area contributed by atoms with E-state index in [1.165, 1.54) is 37.9 Å². The molecule has 144 valence electrons. The van der Waals surface area contributed by atoms with E-state index in [0.29, 0.717) is 5.66 Å². The molecule has 5 rings (SSSR count). The zero-order chi connectivity index (χ0) is 19.7. The summed E-state index contributed by atoms with van der Waals surface area (Å²) in [6.45, 7) is 0. The van der Waals surface area contributed by atoms with Crippen LogP contribution in [-0.4, -0.2) is 0 Å². The molecule has 0 heterocycles. The van der Waals surface area contributed by atoms with Gasteiger partial charge in [0.15, 0.2) is 0 Å². The summed E-state index contributed by atoms with van der Waals surface area (Å²) in [5, 5.41) is 4.49. The molecule has 0 spiro atoms. The van der Waals surface area contributed by atoms with Gasteiger partial charge in [0.25, 0.3) is 0 Å². The third-order valence-electron chi connectivity index (χ3n) is 6.42. The first-order valence-corrected chi connectivity index (χ1v) is 13.1. The molecule has 0 nitrogen and oxygen atoms in total. The number of fused-ring (bicyclic) bond motifs is 1. The normalized spacial score (nSPS) is 16.4. The molecule has 1 unspecified atom stereocenters. The van der Waals surface area contributed by atoms with Gasteiger partial charge >= 0.3 is 182 Å². The van der Waals surface area contributed by atoms with E-state index in [0.717, 1.165) is 6.42 Å². The zero-order valence-corrected chi connectivity index (χ0v) is 18.8. The van der Waals surface area contributed by atoms with Crippen molar-refractivity contribution < 1.29 is 0 Å². The molecule has 4 aromatic carbocycles. The number of benzene rings is 4. The molecular weight excluding hydrogens is 435 g/mol. The fourth-order valence-electron chi connectivity index (χ4n) is 5.27. The number of rotatable bonds is 4. The SMILES string of the molecule is Brc1cccc2c1CCC2[PH](c1ccccc1)(c1ccccc1)c1ccccc1. The van der Waals surface area contributed by atoms with E-state index < -0.39 is 7.26 Å². The molecule has 1 atom stereocenters. The number of hydrogen-bond donors (Lipinski definition) is 0. The molecule has 0 amide bonds. The Morgan fingerprint density at radius 2 is 1.07 bits per heavy atom. The monoisotopic (exact) mass is 458 g/mol. The van der Waals surface area contributed by atoms with Crippen LogP contribution in [0.1, 0.15) is 23.2 Å². The van der Waals surface area contributed by atoms with Gasteiger partial charge in [-0.2, -0.15) is 0 Å². The average Bonchev–Trinajstić information content (AvgIpc) is 3.23. The maximum absolute atomic E-state index is 3.83. The predicted octanol–water partition coefficient (Wildman–Crippen LogP) is 6.16. The van der Waals surface area contributed by atoms with E-state index in [2.05, 4.69) is 125 Å². The molecule has 0 fully saturated rings. The van der Waals surface area contributed by atoms with Crippen molar-refractivity contribution in [2.75, 3.05) is 0 Å². The summed E-state index contributed by atoms with van der Waals surface area (Å²) < 4.78 is 1.26. The molecule has 0 saturated carbocycles. The Morgan fingerprint density at radius 3 is 1.55 bits per heavy atom. The Hall–Kier alpha value is -2.21. The summed E-state index contributed by atoms with van der Waals surface area (Å²) in [6.07, 6.45) is 2.34. The molecular formula is C27H24BrP. The summed E-state index contributed by atoms with van der Waals surface area (Å²) in [6, 6.07) is 40.6. The molecule has 0 radical (unpaired) electrons. The first-order chi connectivity index (χ1) is 14.3. The Morgan fingerprint density at radius 1 is 0.586 bits per heavy atom. The Balaban J connectivity index is 1.87. The van der Waals surface area contributed by atoms with Gasteiger partial charge in [0.05, 0.1) is 0 Å². The van der Waals surface area contributed by atoms with E-state index in [4.69, 9.17) is 0 Å². The van der Waals surface area contributed by atoms with Crippen molar-refractivity contribution in [3.05, 3.63) is 125 Å². The van der Waals surface area contributed by atoms with Gasteiger partial charge in [0, 0.05) is 0 Å². The topological polar surface area (TPSA) is 0 Å². The summed E-state index contributed by atoms with van der Waals surface area (Å²) in [4.78, 5) is 0. The molecule has 4 aromatic rings. The van der Waals surface area contributed by atoms with E-state index in [-0.39, 0.29) is 0 Å². The van der Waals surface area contributed by atoms with Crippen LogP contribution in [0.5, 0.6) is 0 Å². The fourth-order valence-corrected chi connectivity index (χ4v) is 11.5. The van der Waals surface area contributed by atoms with Crippen molar-refractivity contribution in [1.29, 1.82) is 0 Å². The van der Waals surface area contributed by atoms with Crippen LogP contribution in [0.3, 0.4) is 0 Å². The van der Waals surface area contributed by atoms with E-state index in [9.17, 15) is 0 Å². The number of hydrogen-bond acceptors (Lipinski definition) is 0. The van der Waals surface area contributed by atoms with Gasteiger partial charge < -0.3 is 0 Å². The Labute approximate surface area is 182 Å². The van der Waals surface area contributed by atoms with Crippen LogP contribution in [0.2, 0.25) is 0 Å². The second-order valence-electron chi connectivity index (χ2n) is 7.80. The summed E-state index contributed by atoms with van der Waals surface area (Å²) in [5.41, 5.74) is 3.54. The van der Waals surface area contributed by atoms with Crippen molar-refractivity contribution in [3.8, 4) is 0 Å². The van der Waals surface area contributed by atoms with Crippen molar-refractivity contribution in [2.24, 2.45) is 0 Å². The van der Waals surface area contributed by atoms with Gasteiger partial charge in [-0.3, -0.25) is 0 Å². The van der Waals surface area contributed by atoms with Gasteiger partial charge in [0.2, 0.25) is 0 Å². The van der Waals surface area contributed by atoms with Crippen LogP contribution < -0.4 is 15.9 Å². The van der Waals surface area contributed by atoms with Crippen molar-refractivity contribution >= 4 is 39.1 Å². The Bertz CT molecular complexity index is 1010. The third-order valence-corrected chi connectivity index (χ3v) is 12.5. The second kappa shape index (κ2) is 7.90. The van der Waals surface area contributed by atoms with Crippen molar-refractivity contribution in [3.63, 3.8) is 0 Å². The number of halogens is 1. The van der Waals surface area contributed by atoms with Gasteiger partial charge in [-0.25, -0.2) is 0 Å². The summed E-state index contributed by atoms with van der Waals surface area (Å²) >= 11 is 3.83. The summed E-state index contributed by atoms with van der Waals surface area (Å²) in [7, 11) is -2.29. The fraction of sp³-hybridized carbons (Fsp3) is 0.111. The molecule has 0 aromatic heterocycles. The molecule has 2 heteroatoms. The average molecular weight is 459 g/mol. The molecule has 0 N–H and O–H groups in total. The summed E-state index contributed by atoms with van der Waals surface area (Å²) in [5.74, 6) is 0.